The minimum absolute atomic E-state index is 0.271. The van der Waals surface area contributed by atoms with E-state index in [2.05, 4.69) is 17.1 Å². The molecule has 0 saturated carbocycles. The molecule has 1 atom stereocenters. The average molecular weight is 293 g/mol. The third kappa shape index (κ3) is 4.17. The summed E-state index contributed by atoms with van der Waals surface area (Å²) in [6, 6.07) is 4.30. The lowest BCUT2D eigenvalue weighted by molar-refractivity contribution is 0.1000. The van der Waals surface area contributed by atoms with Gasteiger partial charge in [0, 0.05) is 18.8 Å². The van der Waals surface area contributed by atoms with Crippen molar-refractivity contribution in [3.8, 4) is 0 Å². The molecule has 1 aliphatic heterocycles. The highest BCUT2D eigenvalue weighted by atomic mass is 19.1. The predicted molar refractivity (Wildman–Crippen MR) is 83.0 cm³/mol. The van der Waals surface area contributed by atoms with E-state index in [0.29, 0.717) is 5.92 Å². The Kier molecular flexibility index (Phi) is 5.56. The summed E-state index contributed by atoms with van der Waals surface area (Å²) < 4.78 is 13.4. The number of piperidine rings is 1. The van der Waals surface area contributed by atoms with E-state index in [1.165, 1.54) is 25.0 Å². The molecule has 0 radical (unpaired) electrons. The molecular formula is C16H24FN3O. The molecule has 1 amide bonds. The quantitative estimate of drug-likeness (QED) is 0.845. The van der Waals surface area contributed by atoms with Crippen molar-refractivity contribution in [2.75, 3.05) is 31.1 Å². The number of primary amides is 1. The molecule has 0 bridgehead atoms. The van der Waals surface area contributed by atoms with E-state index in [1.54, 1.807) is 6.07 Å². The fraction of sp³-hybridized carbons (Fsp3) is 0.562. The lowest BCUT2D eigenvalue weighted by Crippen LogP contribution is -2.39. The molecule has 2 rings (SSSR count). The van der Waals surface area contributed by atoms with E-state index in [4.69, 9.17) is 5.73 Å². The van der Waals surface area contributed by atoms with Crippen LogP contribution < -0.4 is 16.0 Å². The first-order chi connectivity index (χ1) is 10.1. The number of nitrogens with two attached hydrogens (primary N) is 1. The minimum Gasteiger partial charge on any atom is -0.371 e. The molecule has 1 aromatic rings. The Morgan fingerprint density at radius 3 is 2.95 bits per heavy atom. The first-order valence-corrected chi connectivity index (χ1v) is 7.66. The number of nitrogens with zero attached hydrogens (tertiary/aromatic N) is 1. The number of rotatable bonds is 6. The van der Waals surface area contributed by atoms with Gasteiger partial charge in [-0.15, -0.1) is 0 Å². The molecule has 0 spiro atoms. The van der Waals surface area contributed by atoms with Crippen molar-refractivity contribution in [2.45, 2.75) is 26.2 Å². The van der Waals surface area contributed by atoms with Gasteiger partial charge in [-0.05, 0) is 56.5 Å². The molecule has 1 aromatic carbocycles. The molecule has 1 fully saturated rings. The molecule has 1 unspecified atom stereocenters. The molecular weight excluding hydrogens is 269 g/mol. The van der Waals surface area contributed by atoms with Crippen molar-refractivity contribution in [1.29, 1.82) is 0 Å². The summed E-state index contributed by atoms with van der Waals surface area (Å²) in [6.45, 7) is 5.87. The zero-order valence-corrected chi connectivity index (χ0v) is 12.6. The molecule has 5 heteroatoms. The van der Waals surface area contributed by atoms with E-state index >= 15 is 0 Å². The molecule has 1 aliphatic rings. The summed E-state index contributed by atoms with van der Waals surface area (Å²) >= 11 is 0. The van der Waals surface area contributed by atoms with Crippen LogP contribution in [-0.2, 0) is 0 Å². The Labute approximate surface area is 125 Å². The highest BCUT2D eigenvalue weighted by molar-refractivity contribution is 5.98. The number of carbonyl (C=O) groups excluding carboxylic acids is 1. The van der Waals surface area contributed by atoms with Crippen LogP contribution in [-0.4, -0.2) is 32.1 Å². The second-order valence-electron chi connectivity index (χ2n) is 5.68. The summed E-state index contributed by atoms with van der Waals surface area (Å²) in [6.07, 6.45) is 3.33. The molecule has 1 saturated heterocycles. The Bertz CT molecular complexity index is 486. The third-order valence-corrected chi connectivity index (χ3v) is 3.94. The van der Waals surface area contributed by atoms with Crippen LogP contribution >= 0.6 is 0 Å². The molecule has 116 valence electrons. The van der Waals surface area contributed by atoms with Gasteiger partial charge in [-0.25, -0.2) is 4.39 Å². The fourth-order valence-electron chi connectivity index (χ4n) is 2.95. The van der Waals surface area contributed by atoms with Gasteiger partial charge in [0.25, 0.3) is 5.91 Å². The summed E-state index contributed by atoms with van der Waals surface area (Å²) in [4.78, 5) is 13.8. The number of benzene rings is 1. The van der Waals surface area contributed by atoms with Crippen LogP contribution in [0, 0.1) is 11.7 Å². The molecule has 0 aromatic heterocycles. The zero-order valence-electron chi connectivity index (χ0n) is 12.6. The maximum atomic E-state index is 13.4. The molecule has 1 heterocycles. The summed E-state index contributed by atoms with van der Waals surface area (Å²) in [5, 5.41) is 3.40. The second-order valence-corrected chi connectivity index (χ2v) is 5.68. The largest absolute Gasteiger partial charge is 0.371 e. The predicted octanol–water partition coefficient (Wildman–Crippen LogP) is 2.14. The zero-order chi connectivity index (χ0) is 15.2. The van der Waals surface area contributed by atoms with E-state index in [-0.39, 0.29) is 5.56 Å². The van der Waals surface area contributed by atoms with Crippen LogP contribution in [0.15, 0.2) is 18.2 Å². The van der Waals surface area contributed by atoms with E-state index in [9.17, 15) is 9.18 Å². The number of hydrogen-bond donors (Lipinski definition) is 2. The summed E-state index contributed by atoms with van der Waals surface area (Å²) in [7, 11) is 0. The normalized spacial score (nSPS) is 18.5. The Morgan fingerprint density at radius 1 is 1.52 bits per heavy atom. The second kappa shape index (κ2) is 7.41. The van der Waals surface area contributed by atoms with Crippen LogP contribution in [0.3, 0.4) is 0 Å². The first kappa shape index (κ1) is 15.8. The lowest BCUT2D eigenvalue weighted by atomic mass is 9.98. The van der Waals surface area contributed by atoms with Gasteiger partial charge in [-0.3, -0.25) is 4.79 Å². The van der Waals surface area contributed by atoms with Gasteiger partial charge in [0.15, 0.2) is 0 Å². The van der Waals surface area contributed by atoms with Gasteiger partial charge in [-0.2, -0.15) is 0 Å². The standard InChI is InChI=1S/C16H24FN3O/c1-2-8-20(11-12-4-3-7-19-10-12)15-6-5-13(17)9-14(15)16(18)21/h5-6,9,12,19H,2-4,7-8,10-11H2,1H3,(H2,18,21). The van der Waals surface area contributed by atoms with E-state index in [1.807, 2.05) is 0 Å². The van der Waals surface area contributed by atoms with Crippen molar-refractivity contribution in [2.24, 2.45) is 11.7 Å². The summed E-state index contributed by atoms with van der Waals surface area (Å²) in [5.74, 6) is -0.452. The first-order valence-electron chi connectivity index (χ1n) is 7.66. The van der Waals surface area contributed by atoms with E-state index in [0.717, 1.165) is 38.3 Å². The van der Waals surface area contributed by atoms with Crippen molar-refractivity contribution in [3.05, 3.63) is 29.6 Å². The smallest absolute Gasteiger partial charge is 0.250 e. The van der Waals surface area contributed by atoms with Crippen LogP contribution in [0.1, 0.15) is 36.5 Å². The molecule has 21 heavy (non-hydrogen) atoms. The Hall–Kier alpha value is -1.62. The van der Waals surface area contributed by atoms with Crippen molar-refractivity contribution < 1.29 is 9.18 Å². The monoisotopic (exact) mass is 293 g/mol. The van der Waals surface area contributed by atoms with E-state index < -0.39 is 11.7 Å². The lowest BCUT2D eigenvalue weighted by Gasteiger charge is -2.32. The van der Waals surface area contributed by atoms with Crippen LogP contribution in [0.25, 0.3) is 0 Å². The number of amides is 1. The average Bonchev–Trinajstić information content (AvgIpc) is 2.48. The number of halogens is 1. The van der Waals surface area contributed by atoms with Crippen LogP contribution in [0.2, 0.25) is 0 Å². The van der Waals surface area contributed by atoms with Crippen LogP contribution in [0.5, 0.6) is 0 Å². The van der Waals surface area contributed by atoms with Gasteiger partial charge in [0.1, 0.15) is 5.82 Å². The van der Waals surface area contributed by atoms with Gasteiger partial charge >= 0.3 is 0 Å². The highest BCUT2D eigenvalue weighted by Crippen LogP contribution is 2.24. The van der Waals surface area contributed by atoms with Crippen molar-refractivity contribution in [1.82, 2.24) is 5.32 Å². The Balaban J connectivity index is 2.22. The minimum atomic E-state index is -0.577. The SMILES string of the molecule is CCCN(CC1CCCNC1)c1ccc(F)cc1C(N)=O. The number of hydrogen-bond acceptors (Lipinski definition) is 3. The summed E-state index contributed by atoms with van der Waals surface area (Å²) in [5.41, 5.74) is 6.42. The fourth-order valence-corrected chi connectivity index (χ4v) is 2.95. The maximum absolute atomic E-state index is 13.4. The molecule has 4 nitrogen and oxygen atoms in total. The third-order valence-electron chi connectivity index (χ3n) is 3.94. The van der Waals surface area contributed by atoms with Gasteiger partial charge in [-0.1, -0.05) is 6.92 Å². The van der Waals surface area contributed by atoms with Gasteiger partial charge < -0.3 is 16.0 Å². The van der Waals surface area contributed by atoms with Gasteiger partial charge in [0.05, 0.1) is 5.56 Å². The topological polar surface area (TPSA) is 58.4 Å². The number of nitrogens with one attached hydrogen (secondary N) is 1. The highest BCUT2D eigenvalue weighted by Gasteiger charge is 2.20. The molecule has 3 N–H and O–H groups in total. The van der Waals surface area contributed by atoms with Gasteiger partial charge in [0.2, 0.25) is 0 Å². The number of anilines is 1. The maximum Gasteiger partial charge on any atom is 0.250 e. The number of carbonyl (C=O) groups is 1. The van der Waals surface area contributed by atoms with Crippen molar-refractivity contribution in [3.63, 3.8) is 0 Å². The Morgan fingerprint density at radius 2 is 2.33 bits per heavy atom. The van der Waals surface area contributed by atoms with Crippen LogP contribution in [0.4, 0.5) is 10.1 Å². The molecule has 0 aliphatic carbocycles. The van der Waals surface area contributed by atoms with Crippen molar-refractivity contribution >= 4 is 11.6 Å².